The fraction of sp³-hybridized carbons (Fsp3) is 0.263. The van der Waals surface area contributed by atoms with Crippen LogP contribution < -0.4 is 4.74 Å². The molecule has 108 valence electrons. The third kappa shape index (κ3) is 3.10. The van der Waals surface area contributed by atoms with Gasteiger partial charge in [-0.25, -0.2) is 0 Å². The molecule has 2 aromatic carbocycles. The molecule has 0 unspecified atom stereocenters. The van der Waals surface area contributed by atoms with Crippen molar-refractivity contribution in [3.8, 4) is 5.75 Å². The first kappa shape index (κ1) is 13.7. The lowest BCUT2D eigenvalue weighted by Crippen LogP contribution is -2.00. The summed E-state index contributed by atoms with van der Waals surface area (Å²) in [5.74, 6) is 0.993. The van der Waals surface area contributed by atoms with Gasteiger partial charge in [-0.2, -0.15) is 0 Å². The molecule has 0 aliphatic heterocycles. The summed E-state index contributed by atoms with van der Waals surface area (Å²) < 4.78 is 8.14. The minimum absolute atomic E-state index is 0.772. The maximum atomic E-state index is 5.83. The van der Waals surface area contributed by atoms with E-state index in [2.05, 4.69) is 72.3 Å². The zero-order valence-corrected chi connectivity index (χ0v) is 12.5. The Morgan fingerprint density at radius 3 is 2.62 bits per heavy atom. The SMILES string of the molecule is CCCOc1cccc2c1ccn2CCc1ccccc1. The molecular weight excluding hydrogens is 258 g/mol. The molecule has 2 nitrogen and oxygen atoms in total. The van der Waals surface area contributed by atoms with E-state index in [-0.39, 0.29) is 0 Å². The number of hydrogen-bond donors (Lipinski definition) is 0. The van der Waals surface area contributed by atoms with E-state index < -0.39 is 0 Å². The van der Waals surface area contributed by atoms with E-state index in [1.807, 2.05) is 0 Å². The predicted octanol–water partition coefficient (Wildman–Crippen LogP) is 4.67. The molecule has 1 heterocycles. The van der Waals surface area contributed by atoms with Gasteiger partial charge in [-0.05, 0) is 36.6 Å². The topological polar surface area (TPSA) is 14.2 Å². The second kappa shape index (κ2) is 6.49. The Morgan fingerprint density at radius 2 is 1.81 bits per heavy atom. The maximum Gasteiger partial charge on any atom is 0.128 e. The van der Waals surface area contributed by atoms with Crippen molar-refractivity contribution in [2.45, 2.75) is 26.3 Å². The van der Waals surface area contributed by atoms with Gasteiger partial charge in [-0.3, -0.25) is 0 Å². The molecule has 0 saturated carbocycles. The normalized spacial score (nSPS) is 10.9. The van der Waals surface area contributed by atoms with Gasteiger partial charge in [0.05, 0.1) is 12.1 Å². The molecule has 3 aromatic rings. The van der Waals surface area contributed by atoms with Crippen molar-refractivity contribution >= 4 is 10.9 Å². The highest BCUT2D eigenvalue weighted by molar-refractivity contribution is 5.86. The van der Waals surface area contributed by atoms with Crippen LogP contribution in [0.5, 0.6) is 5.75 Å². The van der Waals surface area contributed by atoms with E-state index in [9.17, 15) is 0 Å². The number of ether oxygens (including phenoxy) is 1. The largest absolute Gasteiger partial charge is 0.493 e. The second-order valence-corrected chi connectivity index (χ2v) is 5.28. The Balaban J connectivity index is 1.80. The summed E-state index contributed by atoms with van der Waals surface area (Å²) in [4.78, 5) is 0. The quantitative estimate of drug-likeness (QED) is 0.639. The zero-order valence-electron chi connectivity index (χ0n) is 12.5. The summed E-state index contributed by atoms with van der Waals surface area (Å²) in [7, 11) is 0. The number of aryl methyl sites for hydroxylation is 2. The fourth-order valence-corrected chi connectivity index (χ4v) is 2.62. The highest BCUT2D eigenvalue weighted by atomic mass is 16.5. The smallest absolute Gasteiger partial charge is 0.128 e. The van der Waals surface area contributed by atoms with E-state index in [0.29, 0.717) is 0 Å². The van der Waals surface area contributed by atoms with Gasteiger partial charge in [0.15, 0.2) is 0 Å². The first-order valence-corrected chi connectivity index (χ1v) is 7.63. The minimum Gasteiger partial charge on any atom is -0.493 e. The van der Waals surface area contributed by atoms with E-state index in [4.69, 9.17) is 4.74 Å². The van der Waals surface area contributed by atoms with Gasteiger partial charge in [-0.15, -0.1) is 0 Å². The Morgan fingerprint density at radius 1 is 0.952 bits per heavy atom. The summed E-state index contributed by atoms with van der Waals surface area (Å²) in [5.41, 5.74) is 2.62. The summed E-state index contributed by atoms with van der Waals surface area (Å²) in [6.45, 7) is 3.89. The van der Waals surface area contributed by atoms with E-state index in [1.54, 1.807) is 0 Å². The van der Waals surface area contributed by atoms with Crippen LogP contribution in [0.2, 0.25) is 0 Å². The molecule has 0 amide bonds. The molecule has 21 heavy (non-hydrogen) atoms. The number of rotatable bonds is 6. The first-order chi connectivity index (χ1) is 10.4. The number of hydrogen-bond acceptors (Lipinski definition) is 1. The molecule has 0 N–H and O–H groups in total. The van der Waals surface area contributed by atoms with Crippen LogP contribution in [0.4, 0.5) is 0 Å². The van der Waals surface area contributed by atoms with Gasteiger partial charge >= 0.3 is 0 Å². The number of fused-ring (bicyclic) bond motifs is 1. The Bertz CT molecular complexity index is 700. The van der Waals surface area contributed by atoms with Gasteiger partial charge in [-0.1, -0.05) is 43.3 Å². The third-order valence-corrected chi connectivity index (χ3v) is 3.72. The molecule has 3 rings (SSSR count). The van der Waals surface area contributed by atoms with Crippen molar-refractivity contribution in [1.29, 1.82) is 0 Å². The highest BCUT2D eigenvalue weighted by Gasteiger charge is 2.06. The molecule has 0 aliphatic carbocycles. The molecule has 0 radical (unpaired) electrons. The Labute approximate surface area is 126 Å². The Hall–Kier alpha value is -2.22. The maximum absolute atomic E-state index is 5.83. The van der Waals surface area contributed by atoms with Crippen LogP contribution >= 0.6 is 0 Å². The van der Waals surface area contributed by atoms with Crippen LogP contribution in [0.1, 0.15) is 18.9 Å². The van der Waals surface area contributed by atoms with Crippen LogP contribution in [0.15, 0.2) is 60.8 Å². The highest BCUT2D eigenvalue weighted by Crippen LogP contribution is 2.27. The second-order valence-electron chi connectivity index (χ2n) is 5.28. The van der Waals surface area contributed by atoms with Crippen LogP contribution in [0, 0.1) is 0 Å². The molecule has 1 aromatic heterocycles. The predicted molar refractivity (Wildman–Crippen MR) is 87.9 cm³/mol. The van der Waals surface area contributed by atoms with Crippen LogP contribution in [-0.4, -0.2) is 11.2 Å². The van der Waals surface area contributed by atoms with Crippen LogP contribution in [0.3, 0.4) is 0 Å². The molecule has 0 atom stereocenters. The van der Waals surface area contributed by atoms with E-state index in [0.717, 1.165) is 31.7 Å². The van der Waals surface area contributed by atoms with Gasteiger partial charge in [0.25, 0.3) is 0 Å². The van der Waals surface area contributed by atoms with Crippen molar-refractivity contribution < 1.29 is 4.74 Å². The van der Waals surface area contributed by atoms with Crippen molar-refractivity contribution in [3.63, 3.8) is 0 Å². The lowest BCUT2D eigenvalue weighted by atomic mass is 10.1. The number of aromatic nitrogens is 1. The van der Waals surface area contributed by atoms with E-state index >= 15 is 0 Å². The molecular formula is C19H21NO. The fourth-order valence-electron chi connectivity index (χ4n) is 2.62. The third-order valence-electron chi connectivity index (χ3n) is 3.72. The van der Waals surface area contributed by atoms with Crippen molar-refractivity contribution in [1.82, 2.24) is 4.57 Å². The monoisotopic (exact) mass is 279 g/mol. The summed E-state index contributed by atoms with van der Waals surface area (Å²) in [6.07, 6.45) is 4.24. The zero-order chi connectivity index (χ0) is 14.5. The Kier molecular flexibility index (Phi) is 4.25. The minimum atomic E-state index is 0.772. The van der Waals surface area contributed by atoms with Gasteiger partial charge in [0.2, 0.25) is 0 Å². The number of benzene rings is 2. The van der Waals surface area contributed by atoms with E-state index in [1.165, 1.54) is 16.5 Å². The lowest BCUT2D eigenvalue weighted by Gasteiger charge is -2.08. The lowest BCUT2D eigenvalue weighted by molar-refractivity contribution is 0.321. The first-order valence-electron chi connectivity index (χ1n) is 7.63. The van der Waals surface area contributed by atoms with Gasteiger partial charge in [0.1, 0.15) is 5.75 Å². The molecule has 0 aliphatic rings. The molecule has 0 bridgehead atoms. The molecule has 0 spiro atoms. The average Bonchev–Trinajstić information content (AvgIpc) is 2.96. The summed E-state index contributed by atoms with van der Waals surface area (Å²) in [6, 6.07) is 19.1. The standard InChI is InChI=1S/C19H21NO/c1-2-15-21-19-10-6-9-18-17(19)12-14-20(18)13-11-16-7-4-3-5-8-16/h3-10,12,14H,2,11,13,15H2,1H3. The van der Waals surface area contributed by atoms with Crippen LogP contribution in [0.25, 0.3) is 10.9 Å². The van der Waals surface area contributed by atoms with Crippen molar-refractivity contribution in [2.75, 3.05) is 6.61 Å². The molecule has 0 saturated heterocycles. The molecule has 2 heteroatoms. The van der Waals surface area contributed by atoms with Crippen LogP contribution in [-0.2, 0) is 13.0 Å². The van der Waals surface area contributed by atoms with Crippen molar-refractivity contribution in [3.05, 3.63) is 66.4 Å². The van der Waals surface area contributed by atoms with Gasteiger partial charge < -0.3 is 9.30 Å². The van der Waals surface area contributed by atoms with Gasteiger partial charge in [0, 0.05) is 18.1 Å². The average molecular weight is 279 g/mol. The molecule has 0 fully saturated rings. The summed E-state index contributed by atoms with van der Waals surface area (Å²) >= 11 is 0. The number of nitrogens with zero attached hydrogens (tertiary/aromatic N) is 1. The van der Waals surface area contributed by atoms with Crippen molar-refractivity contribution in [2.24, 2.45) is 0 Å². The summed E-state index contributed by atoms with van der Waals surface area (Å²) in [5, 5.41) is 1.21.